The van der Waals surface area contributed by atoms with Gasteiger partial charge in [-0.3, -0.25) is 0 Å². The van der Waals surface area contributed by atoms with Crippen molar-refractivity contribution in [3.63, 3.8) is 0 Å². The maximum Gasteiger partial charge on any atom is 0.494 e. The van der Waals surface area contributed by atoms with Crippen molar-refractivity contribution in [1.82, 2.24) is 0 Å². The molecule has 4 aliphatic rings. The Morgan fingerprint density at radius 3 is 2.24 bits per heavy atom. The SMILES string of the molecule is CC1(C)[C@@H]2C[C@H]3OB(c4ccc(-c5ccccc5)cc4)O[C@@]3(C)[C@H]1C2. The van der Waals surface area contributed by atoms with Crippen LogP contribution in [0.3, 0.4) is 0 Å². The standard InChI is InChI=1S/C22H25BO2/c1-21(2)17-13-19(21)22(3)20(14-17)24-23(25-22)18-11-9-16(10-12-18)15-7-5-4-6-8-15/h4-12,17,19-20H,13-14H2,1-3H3/t17-,19-,20+,22-/m0/s1. The summed E-state index contributed by atoms with van der Waals surface area (Å²) >= 11 is 0. The average Bonchev–Trinajstić information content (AvgIpc) is 2.99. The van der Waals surface area contributed by atoms with E-state index in [9.17, 15) is 0 Å². The van der Waals surface area contributed by atoms with Crippen molar-refractivity contribution in [1.29, 1.82) is 0 Å². The van der Waals surface area contributed by atoms with Crippen LogP contribution in [0.4, 0.5) is 0 Å². The molecule has 2 aromatic rings. The van der Waals surface area contributed by atoms with Gasteiger partial charge in [0.15, 0.2) is 0 Å². The van der Waals surface area contributed by atoms with Crippen molar-refractivity contribution < 1.29 is 9.31 Å². The summed E-state index contributed by atoms with van der Waals surface area (Å²) in [6.45, 7) is 7.08. The quantitative estimate of drug-likeness (QED) is 0.764. The van der Waals surface area contributed by atoms with Crippen LogP contribution in [-0.4, -0.2) is 18.8 Å². The maximum atomic E-state index is 6.55. The Kier molecular flexibility index (Phi) is 3.27. The third-order valence-electron chi connectivity index (χ3n) is 7.24. The van der Waals surface area contributed by atoms with Crippen molar-refractivity contribution >= 4 is 12.6 Å². The van der Waals surface area contributed by atoms with Gasteiger partial charge in [-0.15, -0.1) is 0 Å². The molecule has 1 aliphatic heterocycles. The van der Waals surface area contributed by atoms with E-state index in [2.05, 4.69) is 69.3 Å². The molecule has 0 amide bonds. The van der Waals surface area contributed by atoms with E-state index >= 15 is 0 Å². The van der Waals surface area contributed by atoms with Gasteiger partial charge in [0.1, 0.15) is 0 Å². The predicted octanol–water partition coefficient (Wildman–Crippen LogP) is 4.29. The van der Waals surface area contributed by atoms with Crippen molar-refractivity contribution in [3.05, 3.63) is 54.6 Å². The normalized spacial score (nSPS) is 35.2. The van der Waals surface area contributed by atoms with Crippen LogP contribution in [0.1, 0.15) is 33.6 Å². The second kappa shape index (κ2) is 5.22. The van der Waals surface area contributed by atoms with Crippen LogP contribution in [0.15, 0.2) is 54.6 Å². The van der Waals surface area contributed by atoms with Gasteiger partial charge in [0.25, 0.3) is 0 Å². The topological polar surface area (TPSA) is 18.5 Å². The molecular weight excluding hydrogens is 307 g/mol. The Bertz CT molecular complexity index is 785. The van der Waals surface area contributed by atoms with Crippen LogP contribution in [0.2, 0.25) is 0 Å². The molecule has 1 heterocycles. The van der Waals surface area contributed by atoms with Crippen molar-refractivity contribution in [2.24, 2.45) is 17.3 Å². The molecule has 25 heavy (non-hydrogen) atoms. The molecule has 2 bridgehead atoms. The number of hydrogen-bond donors (Lipinski definition) is 0. The average molecular weight is 332 g/mol. The van der Waals surface area contributed by atoms with E-state index in [4.69, 9.17) is 9.31 Å². The van der Waals surface area contributed by atoms with Gasteiger partial charge in [0, 0.05) is 0 Å². The van der Waals surface area contributed by atoms with Gasteiger partial charge in [-0.05, 0) is 53.6 Å². The lowest BCUT2D eigenvalue weighted by Crippen LogP contribution is -2.65. The highest BCUT2D eigenvalue weighted by Crippen LogP contribution is 2.65. The number of rotatable bonds is 2. The lowest BCUT2D eigenvalue weighted by molar-refractivity contribution is -0.199. The van der Waals surface area contributed by atoms with Gasteiger partial charge >= 0.3 is 7.12 Å². The highest BCUT2D eigenvalue weighted by molar-refractivity contribution is 6.62. The van der Waals surface area contributed by atoms with Crippen LogP contribution < -0.4 is 5.46 Å². The van der Waals surface area contributed by atoms with Gasteiger partial charge in [-0.25, -0.2) is 0 Å². The monoisotopic (exact) mass is 332 g/mol. The van der Waals surface area contributed by atoms with Crippen LogP contribution in [0.25, 0.3) is 11.1 Å². The first-order chi connectivity index (χ1) is 12.0. The molecule has 2 aromatic carbocycles. The summed E-state index contributed by atoms with van der Waals surface area (Å²) in [6, 6.07) is 19.1. The predicted molar refractivity (Wildman–Crippen MR) is 102 cm³/mol. The maximum absolute atomic E-state index is 6.55. The van der Waals surface area contributed by atoms with Crippen molar-refractivity contribution in [2.45, 2.75) is 45.3 Å². The third kappa shape index (κ3) is 2.19. The van der Waals surface area contributed by atoms with Crippen LogP contribution in [0, 0.1) is 17.3 Å². The number of hydrogen-bond acceptors (Lipinski definition) is 2. The summed E-state index contributed by atoms with van der Waals surface area (Å²) in [6.07, 6.45) is 2.67. The molecule has 0 radical (unpaired) electrons. The lowest BCUT2D eigenvalue weighted by atomic mass is 9.43. The first kappa shape index (κ1) is 15.7. The van der Waals surface area contributed by atoms with Crippen LogP contribution in [0.5, 0.6) is 0 Å². The molecule has 0 N–H and O–H groups in total. The van der Waals surface area contributed by atoms with E-state index in [0.29, 0.717) is 11.3 Å². The minimum Gasteiger partial charge on any atom is -0.402 e. The van der Waals surface area contributed by atoms with Gasteiger partial charge < -0.3 is 9.31 Å². The second-order valence-electron chi connectivity index (χ2n) is 8.79. The van der Waals surface area contributed by atoms with Gasteiger partial charge in [0.2, 0.25) is 0 Å². The smallest absolute Gasteiger partial charge is 0.402 e. The molecule has 3 saturated carbocycles. The molecular formula is C22H25BO2. The highest BCUT2D eigenvalue weighted by Gasteiger charge is 2.67. The molecule has 6 rings (SSSR count). The molecule has 0 unspecified atom stereocenters. The molecule has 3 heteroatoms. The fourth-order valence-corrected chi connectivity index (χ4v) is 5.47. The second-order valence-corrected chi connectivity index (χ2v) is 8.79. The van der Waals surface area contributed by atoms with Gasteiger partial charge in [-0.1, -0.05) is 68.4 Å². The first-order valence-electron chi connectivity index (χ1n) is 9.47. The third-order valence-corrected chi connectivity index (χ3v) is 7.24. The van der Waals surface area contributed by atoms with E-state index in [1.165, 1.54) is 17.5 Å². The van der Waals surface area contributed by atoms with E-state index in [1.807, 2.05) is 6.07 Å². The van der Waals surface area contributed by atoms with Crippen molar-refractivity contribution in [3.8, 4) is 11.1 Å². The summed E-state index contributed by atoms with van der Waals surface area (Å²) in [4.78, 5) is 0. The molecule has 1 saturated heterocycles. The molecule has 4 atom stereocenters. The minimum atomic E-state index is -0.227. The summed E-state index contributed by atoms with van der Waals surface area (Å²) in [5.41, 5.74) is 3.85. The fraction of sp³-hybridized carbons (Fsp3) is 0.455. The van der Waals surface area contributed by atoms with Gasteiger partial charge in [0.05, 0.1) is 11.7 Å². The zero-order valence-corrected chi connectivity index (χ0v) is 15.2. The minimum absolute atomic E-state index is 0.138. The Morgan fingerprint density at radius 1 is 0.880 bits per heavy atom. The fourth-order valence-electron chi connectivity index (χ4n) is 5.47. The summed E-state index contributed by atoms with van der Waals surface area (Å²) in [5, 5.41) is 0. The molecule has 0 spiro atoms. The lowest BCUT2D eigenvalue weighted by Gasteiger charge is -2.64. The molecule has 2 nitrogen and oxygen atoms in total. The molecule has 3 aliphatic carbocycles. The molecule has 4 fully saturated rings. The zero-order valence-electron chi connectivity index (χ0n) is 15.2. The highest BCUT2D eigenvalue weighted by atomic mass is 16.7. The van der Waals surface area contributed by atoms with Crippen molar-refractivity contribution in [2.75, 3.05) is 0 Å². The van der Waals surface area contributed by atoms with E-state index in [1.54, 1.807) is 0 Å². The molecule has 0 aromatic heterocycles. The van der Waals surface area contributed by atoms with Crippen LogP contribution in [-0.2, 0) is 9.31 Å². The Hall–Kier alpha value is -1.58. The Labute approximate surface area is 150 Å². The van der Waals surface area contributed by atoms with Crippen LogP contribution >= 0.6 is 0 Å². The Balaban J connectivity index is 1.39. The summed E-state index contributed by atoms with van der Waals surface area (Å²) in [7, 11) is -0.227. The Morgan fingerprint density at radius 2 is 1.56 bits per heavy atom. The number of benzene rings is 2. The van der Waals surface area contributed by atoms with Gasteiger partial charge in [-0.2, -0.15) is 0 Å². The van der Waals surface area contributed by atoms with E-state index < -0.39 is 0 Å². The zero-order chi connectivity index (χ0) is 17.2. The van der Waals surface area contributed by atoms with E-state index in [0.717, 1.165) is 17.8 Å². The first-order valence-corrected chi connectivity index (χ1v) is 9.47. The molecule has 128 valence electrons. The summed E-state index contributed by atoms with van der Waals surface area (Å²) < 4.78 is 12.9. The van der Waals surface area contributed by atoms with E-state index in [-0.39, 0.29) is 18.8 Å². The summed E-state index contributed by atoms with van der Waals surface area (Å²) in [5.74, 6) is 1.40. The largest absolute Gasteiger partial charge is 0.494 e.